The van der Waals surface area contributed by atoms with Gasteiger partial charge in [0.25, 0.3) is 5.91 Å². The number of rotatable bonds is 4. The van der Waals surface area contributed by atoms with E-state index in [1.54, 1.807) is 11.0 Å². The third-order valence-electron chi connectivity index (χ3n) is 3.53. The lowest BCUT2D eigenvalue weighted by molar-refractivity contribution is 0.0940. The Balaban J connectivity index is 1.69. The first-order valence-electron chi connectivity index (χ1n) is 7.15. The Morgan fingerprint density at radius 1 is 1.13 bits per heavy atom. The molecule has 1 atom stereocenters. The Kier molecular flexibility index (Phi) is 4.71. The summed E-state index contributed by atoms with van der Waals surface area (Å²) in [5.74, 6) is -0.0748. The molecule has 0 fully saturated rings. The molecule has 6 heteroatoms. The van der Waals surface area contributed by atoms with Gasteiger partial charge in [0.05, 0.1) is 11.7 Å². The molecule has 0 aliphatic carbocycles. The lowest BCUT2D eigenvalue weighted by atomic mass is 10.1. The summed E-state index contributed by atoms with van der Waals surface area (Å²) in [4.78, 5) is 16.2. The molecule has 5 nitrogen and oxygen atoms in total. The summed E-state index contributed by atoms with van der Waals surface area (Å²) >= 11 is 2.22. The summed E-state index contributed by atoms with van der Waals surface area (Å²) in [5, 5.41) is 7.10. The quantitative estimate of drug-likeness (QED) is 0.662. The summed E-state index contributed by atoms with van der Waals surface area (Å²) in [6, 6.07) is 15.3. The normalized spacial score (nSPS) is 11.9. The van der Waals surface area contributed by atoms with Crippen molar-refractivity contribution < 1.29 is 4.79 Å². The number of carbonyl (C=O) groups excluding carboxylic acids is 1. The number of aromatic nitrogens is 3. The maximum absolute atomic E-state index is 12.3. The molecule has 3 aromatic rings. The molecular weight excluding hydrogens is 403 g/mol. The molecule has 1 aromatic heterocycles. The molecule has 2 aromatic carbocycles. The van der Waals surface area contributed by atoms with Gasteiger partial charge in [-0.2, -0.15) is 5.10 Å². The average Bonchev–Trinajstić information content (AvgIpc) is 3.10. The average molecular weight is 418 g/mol. The van der Waals surface area contributed by atoms with E-state index in [1.807, 2.05) is 55.5 Å². The van der Waals surface area contributed by atoms with Crippen LogP contribution in [0.3, 0.4) is 0 Å². The van der Waals surface area contributed by atoms with Gasteiger partial charge in [0, 0.05) is 9.13 Å². The number of nitrogens with one attached hydrogen (secondary N) is 1. The summed E-state index contributed by atoms with van der Waals surface area (Å²) in [5.41, 5.74) is 2.63. The molecule has 0 aliphatic rings. The number of halogens is 1. The van der Waals surface area contributed by atoms with E-state index in [9.17, 15) is 4.79 Å². The smallest absolute Gasteiger partial charge is 0.251 e. The van der Waals surface area contributed by atoms with Crippen molar-refractivity contribution in [2.45, 2.75) is 13.0 Å². The van der Waals surface area contributed by atoms with E-state index < -0.39 is 0 Å². The molecular formula is C17H15IN4O. The zero-order valence-corrected chi connectivity index (χ0v) is 14.6. The molecule has 0 saturated carbocycles. The van der Waals surface area contributed by atoms with E-state index in [-0.39, 0.29) is 11.9 Å². The Bertz CT molecular complexity index is 782. The maximum atomic E-state index is 12.3. The Hall–Kier alpha value is -2.22. The highest BCUT2D eigenvalue weighted by atomic mass is 127. The monoisotopic (exact) mass is 418 g/mol. The third kappa shape index (κ3) is 3.76. The van der Waals surface area contributed by atoms with E-state index in [1.165, 1.54) is 6.33 Å². The van der Waals surface area contributed by atoms with Gasteiger partial charge in [0.15, 0.2) is 0 Å². The van der Waals surface area contributed by atoms with Gasteiger partial charge in [-0.05, 0) is 71.5 Å². The van der Waals surface area contributed by atoms with Crippen molar-refractivity contribution in [3.63, 3.8) is 0 Å². The van der Waals surface area contributed by atoms with Gasteiger partial charge in [0.2, 0.25) is 0 Å². The highest BCUT2D eigenvalue weighted by Gasteiger charge is 2.11. The van der Waals surface area contributed by atoms with E-state index in [2.05, 4.69) is 38.0 Å². The van der Waals surface area contributed by atoms with Gasteiger partial charge in [0.1, 0.15) is 12.7 Å². The lowest BCUT2D eigenvalue weighted by Gasteiger charge is -2.15. The molecule has 116 valence electrons. The van der Waals surface area contributed by atoms with Crippen LogP contribution in [0.2, 0.25) is 0 Å². The van der Waals surface area contributed by atoms with Crippen LogP contribution in [0.5, 0.6) is 0 Å². The summed E-state index contributed by atoms with van der Waals surface area (Å²) < 4.78 is 2.80. The fourth-order valence-corrected chi connectivity index (χ4v) is 2.58. The molecule has 0 aliphatic heterocycles. The minimum atomic E-state index is -0.0772. The topological polar surface area (TPSA) is 59.8 Å². The number of hydrogen-bond acceptors (Lipinski definition) is 3. The van der Waals surface area contributed by atoms with E-state index >= 15 is 0 Å². The molecule has 0 saturated heterocycles. The molecule has 23 heavy (non-hydrogen) atoms. The summed E-state index contributed by atoms with van der Waals surface area (Å²) in [7, 11) is 0. The zero-order valence-electron chi connectivity index (χ0n) is 12.5. The van der Waals surface area contributed by atoms with Crippen LogP contribution in [0.1, 0.15) is 28.9 Å². The Morgan fingerprint density at radius 2 is 1.83 bits per heavy atom. The van der Waals surface area contributed by atoms with Crippen LogP contribution in [0, 0.1) is 3.57 Å². The fraction of sp³-hybridized carbons (Fsp3) is 0.118. The van der Waals surface area contributed by atoms with Crippen molar-refractivity contribution in [2.75, 3.05) is 0 Å². The van der Waals surface area contributed by atoms with Gasteiger partial charge in [-0.1, -0.05) is 12.1 Å². The summed E-state index contributed by atoms with van der Waals surface area (Å²) in [6.07, 6.45) is 3.15. The van der Waals surface area contributed by atoms with Crippen LogP contribution in [0.4, 0.5) is 0 Å². The number of amides is 1. The largest absolute Gasteiger partial charge is 0.346 e. The van der Waals surface area contributed by atoms with E-state index in [4.69, 9.17) is 0 Å². The van der Waals surface area contributed by atoms with Crippen molar-refractivity contribution in [3.8, 4) is 5.69 Å². The second-order valence-corrected chi connectivity index (χ2v) is 6.38. The molecule has 1 unspecified atom stereocenters. The Labute approximate surface area is 147 Å². The molecule has 1 heterocycles. The van der Waals surface area contributed by atoms with Crippen molar-refractivity contribution >= 4 is 28.5 Å². The molecule has 0 radical (unpaired) electrons. The van der Waals surface area contributed by atoms with Crippen molar-refractivity contribution in [1.82, 2.24) is 20.1 Å². The van der Waals surface area contributed by atoms with Gasteiger partial charge in [-0.15, -0.1) is 0 Å². The standard InChI is InChI=1S/C17H15IN4O/c1-12(21-17(23)14-2-6-15(18)7-3-14)13-4-8-16(9-5-13)22-11-19-10-20-22/h2-12H,1H3,(H,21,23). The second-order valence-electron chi connectivity index (χ2n) is 5.13. The number of hydrogen-bond donors (Lipinski definition) is 1. The number of nitrogens with zero attached hydrogens (tertiary/aromatic N) is 3. The molecule has 1 amide bonds. The summed E-state index contributed by atoms with van der Waals surface area (Å²) in [6.45, 7) is 1.97. The van der Waals surface area contributed by atoms with Gasteiger partial charge in [-0.3, -0.25) is 4.79 Å². The Morgan fingerprint density at radius 3 is 2.43 bits per heavy atom. The predicted octanol–water partition coefficient (Wildman–Crippen LogP) is 3.36. The number of carbonyl (C=O) groups is 1. The number of benzene rings is 2. The van der Waals surface area contributed by atoms with Crippen LogP contribution in [-0.4, -0.2) is 20.7 Å². The lowest BCUT2D eigenvalue weighted by Crippen LogP contribution is -2.26. The van der Waals surface area contributed by atoms with Gasteiger partial charge in [-0.25, -0.2) is 9.67 Å². The fourth-order valence-electron chi connectivity index (χ4n) is 2.22. The first-order chi connectivity index (χ1) is 11.1. The van der Waals surface area contributed by atoms with Crippen LogP contribution in [0.25, 0.3) is 5.69 Å². The SMILES string of the molecule is CC(NC(=O)c1ccc(I)cc1)c1ccc(-n2cncn2)cc1. The highest BCUT2D eigenvalue weighted by Crippen LogP contribution is 2.16. The van der Waals surface area contributed by atoms with E-state index in [0.29, 0.717) is 5.56 Å². The predicted molar refractivity (Wildman–Crippen MR) is 96.4 cm³/mol. The molecule has 1 N–H and O–H groups in total. The first kappa shape index (κ1) is 15.7. The third-order valence-corrected chi connectivity index (χ3v) is 4.25. The zero-order chi connectivity index (χ0) is 16.2. The molecule has 0 spiro atoms. The van der Waals surface area contributed by atoms with E-state index in [0.717, 1.165) is 14.8 Å². The van der Waals surface area contributed by atoms with Crippen molar-refractivity contribution in [1.29, 1.82) is 0 Å². The van der Waals surface area contributed by atoms with Gasteiger partial charge < -0.3 is 5.32 Å². The van der Waals surface area contributed by atoms with Crippen LogP contribution in [0.15, 0.2) is 61.2 Å². The van der Waals surface area contributed by atoms with Crippen molar-refractivity contribution in [2.24, 2.45) is 0 Å². The highest BCUT2D eigenvalue weighted by molar-refractivity contribution is 14.1. The minimum Gasteiger partial charge on any atom is -0.346 e. The van der Waals surface area contributed by atoms with Crippen LogP contribution in [-0.2, 0) is 0 Å². The minimum absolute atomic E-state index is 0.0748. The molecule has 3 rings (SSSR count). The molecule has 0 bridgehead atoms. The second kappa shape index (κ2) is 6.91. The maximum Gasteiger partial charge on any atom is 0.251 e. The van der Waals surface area contributed by atoms with Gasteiger partial charge >= 0.3 is 0 Å². The first-order valence-corrected chi connectivity index (χ1v) is 8.23. The van der Waals surface area contributed by atoms with Crippen LogP contribution >= 0.6 is 22.6 Å². The van der Waals surface area contributed by atoms with Crippen LogP contribution < -0.4 is 5.32 Å². The van der Waals surface area contributed by atoms with Crippen molar-refractivity contribution in [3.05, 3.63) is 75.9 Å².